The summed E-state index contributed by atoms with van der Waals surface area (Å²) < 4.78 is 31.6. The van der Waals surface area contributed by atoms with Gasteiger partial charge in [0.1, 0.15) is 23.1 Å². The van der Waals surface area contributed by atoms with Gasteiger partial charge >= 0.3 is 0 Å². The van der Waals surface area contributed by atoms with Crippen molar-refractivity contribution >= 4 is 0 Å². The fourth-order valence-electron chi connectivity index (χ4n) is 1.85. The van der Waals surface area contributed by atoms with Gasteiger partial charge in [0.2, 0.25) is 0 Å². The lowest BCUT2D eigenvalue weighted by molar-refractivity contribution is 0.465. The summed E-state index contributed by atoms with van der Waals surface area (Å²) in [6, 6.07) is 8.81. The summed E-state index contributed by atoms with van der Waals surface area (Å²) >= 11 is 0. The third-order valence-electron chi connectivity index (χ3n) is 2.68. The Kier molecular flexibility index (Phi) is 4.12. The van der Waals surface area contributed by atoms with E-state index in [4.69, 9.17) is 4.74 Å². The van der Waals surface area contributed by atoms with Gasteiger partial charge < -0.3 is 10.1 Å². The smallest absolute Gasteiger partial charge is 0.133 e. The molecule has 0 bridgehead atoms. The molecule has 0 unspecified atom stereocenters. The third-order valence-corrected chi connectivity index (χ3v) is 2.68. The Morgan fingerprint density at radius 2 is 1.74 bits per heavy atom. The van der Waals surface area contributed by atoms with Crippen molar-refractivity contribution in [2.24, 2.45) is 0 Å². The zero-order valence-corrected chi connectivity index (χ0v) is 10.8. The molecule has 0 atom stereocenters. The molecule has 0 aliphatic heterocycles. The summed E-state index contributed by atoms with van der Waals surface area (Å²) in [5.74, 6) is -0.564. The lowest BCUT2D eigenvalue weighted by Gasteiger charge is -2.10. The van der Waals surface area contributed by atoms with E-state index >= 15 is 0 Å². The molecule has 0 aliphatic rings. The summed E-state index contributed by atoms with van der Waals surface area (Å²) in [6.45, 7) is 2.65. The van der Waals surface area contributed by atoms with Crippen molar-refractivity contribution < 1.29 is 13.5 Å². The lowest BCUT2D eigenvalue weighted by Crippen LogP contribution is -2.05. The molecule has 0 radical (unpaired) electrons. The fourth-order valence-corrected chi connectivity index (χ4v) is 1.85. The molecule has 0 aliphatic carbocycles. The second-order valence-electron chi connectivity index (χ2n) is 4.34. The lowest BCUT2D eigenvalue weighted by atomic mass is 10.1. The SMILES string of the molecule is CNCc1ccc(Oc2cc(F)cc(F)c2)c(C)c1. The van der Waals surface area contributed by atoms with Gasteiger partial charge in [-0.3, -0.25) is 0 Å². The van der Waals surface area contributed by atoms with Gasteiger partial charge in [-0.2, -0.15) is 0 Å². The van der Waals surface area contributed by atoms with Crippen molar-refractivity contribution in [3.63, 3.8) is 0 Å². The van der Waals surface area contributed by atoms with Crippen molar-refractivity contribution in [3.8, 4) is 11.5 Å². The third kappa shape index (κ3) is 3.51. The van der Waals surface area contributed by atoms with Crippen LogP contribution in [-0.4, -0.2) is 7.05 Å². The van der Waals surface area contributed by atoms with Crippen LogP contribution in [0.25, 0.3) is 0 Å². The van der Waals surface area contributed by atoms with Crippen molar-refractivity contribution in [1.29, 1.82) is 0 Å². The Hall–Kier alpha value is -1.94. The Morgan fingerprint density at radius 3 is 2.32 bits per heavy atom. The van der Waals surface area contributed by atoms with E-state index in [0.29, 0.717) is 5.75 Å². The number of benzene rings is 2. The monoisotopic (exact) mass is 263 g/mol. The van der Waals surface area contributed by atoms with Crippen molar-refractivity contribution in [3.05, 3.63) is 59.2 Å². The largest absolute Gasteiger partial charge is 0.457 e. The van der Waals surface area contributed by atoms with Crippen LogP contribution in [-0.2, 0) is 6.54 Å². The highest BCUT2D eigenvalue weighted by Gasteiger charge is 2.06. The summed E-state index contributed by atoms with van der Waals surface area (Å²) in [7, 11) is 1.87. The topological polar surface area (TPSA) is 21.3 Å². The first-order valence-electron chi connectivity index (χ1n) is 5.96. The predicted molar refractivity (Wildman–Crippen MR) is 70.4 cm³/mol. The maximum atomic E-state index is 13.1. The summed E-state index contributed by atoms with van der Waals surface area (Å²) in [4.78, 5) is 0. The molecule has 2 aromatic carbocycles. The molecule has 2 rings (SSSR count). The first-order chi connectivity index (χ1) is 9.08. The highest BCUT2D eigenvalue weighted by atomic mass is 19.1. The normalized spacial score (nSPS) is 10.5. The molecule has 4 heteroatoms. The van der Waals surface area contributed by atoms with Crippen molar-refractivity contribution in [2.75, 3.05) is 7.05 Å². The van der Waals surface area contributed by atoms with Crippen LogP contribution in [0.2, 0.25) is 0 Å². The molecule has 0 spiro atoms. The molecule has 0 fully saturated rings. The zero-order valence-electron chi connectivity index (χ0n) is 10.8. The molecule has 1 N–H and O–H groups in total. The second-order valence-corrected chi connectivity index (χ2v) is 4.34. The van der Waals surface area contributed by atoms with Gasteiger partial charge in [0.25, 0.3) is 0 Å². The highest BCUT2D eigenvalue weighted by molar-refractivity contribution is 5.39. The standard InChI is InChI=1S/C15H15F2NO/c1-10-5-11(9-18-2)3-4-15(10)19-14-7-12(16)6-13(17)8-14/h3-8,18H,9H2,1-2H3. The maximum Gasteiger partial charge on any atom is 0.133 e. The second kappa shape index (κ2) is 5.80. The molecular formula is C15H15F2NO. The summed E-state index contributed by atoms with van der Waals surface area (Å²) in [6.07, 6.45) is 0. The average Bonchev–Trinajstić information content (AvgIpc) is 2.32. The molecular weight excluding hydrogens is 248 g/mol. The van der Waals surface area contributed by atoms with E-state index in [9.17, 15) is 8.78 Å². The van der Waals surface area contributed by atoms with Crippen molar-refractivity contribution in [2.45, 2.75) is 13.5 Å². The summed E-state index contributed by atoms with van der Waals surface area (Å²) in [5, 5.41) is 3.06. The Morgan fingerprint density at radius 1 is 1.05 bits per heavy atom. The molecule has 100 valence electrons. The van der Waals surface area contributed by atoms with Gasteiger partial charge in [0.15, 0.2) is 0 Å². The van der Waals surface area contributed by atoms with Crippen LogP contribution in [0.5, 0.6) is 11.5 Å². The van der Waals surface area contributed by atoms with Crippen LogP contribution >= 0.6 is 0 Å². The van der Waals surface area contributed by atoms with Crippen LogP contribution in [0, 0.1) is 18.6 Å². The minimum absolute atomic E-state index is 0.155. The molecule has 2 aromatic rings. The Bertz CT molecular complexity index is 564. The number of halogens is 2. The number of hydrogen-bond acceptors (Lipinski definition) is 2. The van der Waals surface area contributed by atoms with Gasteiger partial charge in [0, 0.05) is 24.7 Å². The number of ether oxygens (including phenoxy) is 1. The number of rotatable bonds is 4. The van der Waals surface area contributed by atoms with E-state index in [-0.39, 0.29) is 5.75 Å². The molecule has 0 saturated carbocycles. The van der Waals surface area contributed by atoms with E-state index in [2.05, 4.69) is 5.32 Å². The number of aryl methyl sites for hydroxylation is 1. The van der Waals surface area contributed by atoms with Crippen LogP contribution in [0.4, 0.5) is 8.78 Å². The van der Waals surface area contributed by atoms with Crippen LogP contribution in [0.3, 0.4) is 0 Å². The molecule has 0 heterocycles. The Labute approximate surface area is 111 Å². The minimum atomic E-state index is -0.653. The zero-order chi connectivity index (χ0) is 13.8. The predicted octanol–water partition coefficient (Wildman–Crippen LogP) is 3.78. The first-order valence-corrected chi connectivity index (χ1v) is 5.96. The van der Waals surface area contributed by atoms with E-state index in [1.165, 1.54) is 0 Å². The van der Waals surface area contributed by atoms with Crippen LogP contribution in [0.15, 0.2) is 36.4 Å². The van der Waals surface area contributed by atoms with E-state index < -0.39 is 11.6 Å². The van der Waals surface area contributed by atoms with Gasteiger partial charge in [-0.1, -0.05) is 12.1 Å². The highest BCUT2D eigenvalue weighted by Crippen LogP contribution is 2.27. The molecule has 0 saturated heterocycles. The molecule has 0 aromatic heterocycles. The van der Waals surface area contributed by atoms with Gasteiger partial charge in [-0.05, 0) is 31.2 Å². The Balaban J connectivity index is 2.23. The molecule has 19 heavy (non-hydrogen) atoms. The van der Waals surface area contributed by atoms with Gasteiger partial charge in [0.05, 0.1) is 0 Å². The van der Waals surface area contributed by atoms with E-state index in [1.54, 1.807) is 6.07 Å². The van der Waals surface area contributed by atoms with Crippen LogP contribution in [0.1, 0.15) is 11.1 Å². The fraction of sp³-hybridized carbons (Fsp3) is 0.200. The van der Waals surface area contributed by atoms with Gasteiger partial charge in [-0.25, -0.2) is 8.78 Å². The van der Waals surface area contributed by atoms with Crippen molar-refractivity contribution in [1.82, 2.24) is 5.32 Å². The summed E-state index contributed by atoms with van der Waals surface area (Å²) in [5.41, 5.74) is 2.04. The molecule has 0 amide bonds. The van der Waals surface area contributed by atoms with E-state index in [0.717, 1.165) is 35.9 Å². The van der Waals surface area contributed by atoms with E-state index in [1.807, 2.05) is 26.1 Å². The number of hydrogen-bond donors (Lipinski definition) is 1. The minimum Gasteiger partial charge on any atom is -0.457 e. The van der Waals surface area contributed by atoms with Crippen LogP contribution < -0.4 is 10.1 Å². The first kappa shape index (κ1) is 13.5. The average molecular weight is 263 g/mol. The maximum absolute atomic E-state index is 13.1. The quantitative estimate of drug-likeness (QED) is 0.906. The number of nitrogens with one attached hydrogen (secondary N) is 1. The van der Waals surface area contributed by atoms with Gasteiger partial charge in [-0.15, -0.1) is 0 Å². The molecule has 2 nitrogen and oxygen atoms in total.